The predicted octanol–water partition coefficient (Wildman–Crippen LogP) is 4.47. The summed E-state index contributed by atoms with van der Waals surface area (Å²) >= 11 is 5.72. The minimum atomic E-state index is -0.366. The zero-order valence-electron chi connectivity index (χ0n) is 11.3. The van der Waals surface area contributed by atoms with Crippen LogP contribution in [-0.2, 0) is 6.61 Å². The quantitative estimate of drug-likeness (QED) is 0.883. The monoisotopic (exact) mass is 293 g/mol. The van der Waals surface area contributed by atoms with Crippen LogP contribution in [0.3, 0.4) is 0 Å². The molecule has 0 radical (unpaired) electrons. The van der Waals surface area contributed by atoms with Crippen LogP contribution in [0.5, 0.6) is 5.75 Å². The summed E-state index contributed by atoms with van der Waals surface area (Å²) in [4.78, 5) is 0. The van der Waals surface area contributed by atoms with Gasteiger partial charge in [-0.2, -0.15) is 0 Å². The van der Waals surface area contributed by atoms with Crippen molar-refractivity contribution in [2.45, 2.75) is 26.0 Å². The van der Waals surface area contributed by atoms with Crippen LogP contribution in [0.2, 0.25) is 5.02 Å². The summed E-state index contributed by atoms with van der Waals surface area (Å²) in [6, 6.07) is 12.0. The van der Waals surface area contributed by atoms with E-state index in [0.29, 0.717) is 16.3 Å². The summed E-state index contributed by atoms with van der Waals surface area (Å²) in [6.07, 6.45) is 0.815. The molecule has 106 valence electrons. The van der Waals surface area contributed by atoms with Crippen molar-refractivity contribution in [2.75, 3.05) is 0 Å². The third-order valence-electron chi connectivity index (χ3n) is 3.16. The fourth-order valence-corrected chi connectivity index (χ4v) is 2.09. The maximum Gasteiger partial charge on any atom is 0.131 e. The zero-order chi connectivity index (χ0) is 14.5. The second-order valence-electron chi connectivity index (χ2n) is 4.58. The van der Waals surface area contributed by atoms with E-state index in [9.17, 15) is 4.39 Å². The number of ether oxygens (including phenoxy) is 1. The van der Waals surface area contributed by atoms with Gasteiger partial charge in [-0.1, -0.05) is 42.8 Å². The number of benzene rings is 2. The molecule has 0 aliphatic rings. The van der Waals surface area contributed by atoms with Crippen LogP contribution in [-0.4, -0.2) is 0 Å². The lowest BCUT2D eigenvalue weighted by molar-refractivity contribution is 0.294. The fourth-order valence-electron chi connectivity index (χ4n) is 1.93. The highest BCUT2D eigenvalue weighted by Gasteiger charge is 2.11. The predicted molar refractivity (Wildman–Crippen MR) is 79.4 cm³/mol. The molecule has 0 unspecified atom stereocenters. The first-order chi connectivity index (χ1) is 9.61. The van der Waals surface area contributed by atoms with Crippen molar-refractivity contribution in [1.82, 2.24) is 0 Å². The summed E-state index contributed by atoms with van der Waals surface area (Å²) in [5.41, 5.74) is 7.44. The van der Waals surface area contributed by atoms with E-state index in [4.69, 9.17) is 22.1 Å². The van der Waals surface area contributed by atoms with Gasteiger partial charge in [-0.25, -0.2) is 4.39 Å². The summed E-state index contributed by atoms with van der Waals surface area (Å²) < 4.78 is 19.4. The molecular weight excluding hydrogens is 277 g/mol. The van der Waals surface area contributed by atoms with Gasteiger partial charge >= 0.3 is 0 Å². The van der Waals surface area contributed by atoms with Gasteiger partial charge in [-0.3, -0.25) is 0 Å². The highest BCUT2D eigenvalue weighted by atomic mass is 35.5. The van der Waals surface area contributed by atoms with Crippen molar-refractivity contribution in [2.24, 2.45) is 5.73 Å². The Balaban J connectivity index is 2.15. The Morgan fingerprint density at radius 3 is 2.70 bits per heavy atom. The van der Waals surface area contributed by atoms with E-state index in [1.807, 2.05) is 31.2 Å². The maximum absolute atomic E-state index is 13.7. The number of nitrogens with two attached hydrogens (primary N) is 1. The van der Waals surface area contributed by atoms with Crippen LogP contribution < -0.4 is 10.5 Å². The van der Waals surface area contributed by atoms with Gasteiger partial charge < -0.3 is 10.5 Å². The molecule has 2 aromatic rings. The van der Waals surface area contributed by atoms with Gasteiger partial charge in [0.25, 0.3) is 0 Å². The molecule has 0 aliphatic heterocycles. The normalized spacial score (nSPS) is 12.2. The van der Waals surface area contributed by atoms with Crippen molar-refractivity contribution in [3.63, 3.8) is 0 Å². The molecule has 2 nitrogen and oxygen atoms in total. The zero-order valence-corrected chi connectivity index (χ0v) is 12.0. The average Bonchev–Trinajstić information content (AvgIpc) is 2.46. The lowest BCUT2D eigenvalue weighted by atomic mass is 10.0. The summed E-state index contributed by atoms with van der Waals surface area (Å²) in [6.45, 7) is 2.16. The molecule has 4 heteroatoms. The van der Waals surface area contributed by atoms with E-state index in [1.165, 1.54) is 6.07 Å². The van der Waals surface area contributed by atoms with Gasteiger partial charge in [0.05, 0.1) is 0 Å². The van der Waals surface area contributed by atoms with Gasteiger partial charge in [0, 0.05) is 22.2 Å². The summed E-state index contributed by atoms with van der Waals surface area (Å²) in [5, 5.41) is 0.375. The van der Waals surface area contributed by atoms with Crippen LogP contribution >= 0.6 is 11.6 Å². The van der Waals surface area contributed by atoms with Gasteiger partial charge in [0.15, 0.2) is 0 Å². The van der Waals surface area contributed by atoms with Crippen molar-refractivity contribution in [3.05, 3.63) is 64.4 Å². The standard InChI is InChI=1S/C16H17ClFNO/c1-2-15(19)13-5-3-4-6-16(13)20-10-11-7-8-12(17)9-14(11)18/h3-9,15H,2,10,19H2,1H3/t15-/m1/s1. The van der Waals surface area contributed by atoms with Crippen LogP contribution in [0.1, 0.15) is 30.5 Å². The first-order valence-corrected chi connectivity index (χ1v) is 6.91. The number of para-hydroxylation sites is 1. The third-order valence-corrected chi connectivity index (χ3v) is 3.39. The molecule has 1 atom stereocenters. The Kier molecular flexibility index (Phi) is 4.99. The molecule has 2 aromatic carbocycles. The van der Waals surface area contributed by atoms with Crippen molar-refractivity contribution < 1.29 is 9.13 Å². The van der Waals surface area contributed by atoms with E-state index in [2.05, 4.69) is 0 Å². The first kappa shape index (κ1) is 14.8. The molecule has 0 bridgehead atoms. The second kappa shape index (κ2) is 6.73. The Morgan fingerprint density at radius 1 is 1.25 bits per heavy atom. The van der Waals surface area contributed by atoms with Crippen molar-refractivity contribution in [3.8, 4) is 5.75 Å². The minimum Gasteiger partial charge on any atom is -0.488 e. The van der Waals surface area contributed by atoms with E-state index < -0.39 is 0 Å². The minimum absolute atomic E-state index is 0.0822. The molecule has 20 heavy (non-hydrogen) atoms. The topological polar surface area (TPSA) is 35.2 Å². The molecule has 0 saturated carbocycles. The number of hydrogen-bond acceptors (Lipinski definition) is 2. The van der Waals surface area contributed by atoms with Gasteiger partial charge in [0.1, 0.15) is 18.2 Å². The maximum atomic E-state index is 13.7. The Hall–Kier alpha value is -1.58. The smallest absolute Gasteiger partial charge is 0.131 e. The first-order valence-electron chi connectivity index (χ1n) is 6.53. The number of halogens is 2. The molecule has 0 amide bonds. The van der Waals surface area contributed by atoms with Gasteiger partial charge in [0.2, 0.25) is 0 Å². The molecule has 2 N–H and O–H groups in total. The average molecular weight is 294 g/mol. The number of rotatable bonds is 5. The van der Waals surface area contributed by atoms with E-state index in [1.54, 1.807) is 12.1 Å². The van der Waals surface area contributed by atoms with Crippen molar-refractivity contribution in [1.29, 1.82) is 0 Å². The van der Waals surface area contributed by atoms with Crippen LogP contribution in [0, 0.1) is 5.82 Å². The largest absolute Gasteiger partial charge is 0.488 e. The highest BCUT2D eigenvalue weighted by Crippen LogP contribution is 2.26. The van der Waals surface area contributed by atoms with E-state index in [-0.39, 0.29) is 18.5 Å². The van der Waals surface area contributed by atoms with E-state index in [0.717, 1.165) is 12.0 Å². The molecule has 0 heterocycles. The van der Waals surface area contributed by atoms with Crippen LogP contribution in [0.25, 0.3) is 0 Å². The molecule has 0 aromatic heterocycles. The molecule has 2 rings (SSSR count). The van der Waals surface area contributed by atoms with Crippen LogP contribution in [0.15, 0.2) is 42.5 Å². The molecule has 0 aliphatic carbocycles. The third kappa shape index (κ3) is 3.50. The van der Waals surface area contributed by atoms with E-state index >= 15 is 0 Å². The Labute approximate surface area is 123 Å². The summed E-state index contributed by atoms with van der Waals surface area (Å²) in [7, 11) is 0. The lowest BCUT2D eigenvalue weighted by Gasteiger charge is -2.15. The molecule has 0 spiro atoms. The second-order valence-corrected chi connectivity index (χ2v) is 5.01. The highest BCUT2D eigenvalue weighted by molar-refractivity contribution is 6.30. The van der Waals surface area contributed by atoms with Crippen molar-refractivity contribution >= 4 is 11.6 Å². The number of hydrogen-bond donors (Lipinski definition) is 1. The SMILES string of the molecule is CC[C@@H](N)c1ccccc1OCc1ccc(Cl)cc1F. The van der Waals surface area contributed by atoms with Gasteiger partial charge in [-0.15, -0.1) is 0 Å². The van der Waals surface area contributed by atoms with Gasteiger partial charge in [-0.05, 0) is 24.6 Å². The Morgan fingerprint density at radius 2 is 2.00 bits per heavy atom. The van der Waals surface area contributed by atoms with Crippen LogP contribution in [0.4, 0.5) is 4.39 Å². The summed E-state index contributed by atoms with van der Waals surface area (Å²) in [5.74, 6) is 0.325. The molecule has 0 saturated heterocycles. The fraction of sp³-hybridized carbons (Fsp3) is 0.250. The molecule has 0 fully saturated rings. The molecular formula is C16H17ClFNO. The Bertz CT molecular complexity index is 588. The lowest BCUT2D eigenvalue weighted by Crippen LogP contribution is -2.11.